The summed E-state index contributed by atoms with van der Waals surface area (Å²) in [6.45, 7) is 10.1. The molecule has 0 unspecified atom stereocenters. The molecule has 202 valence electrons. The van der Waals surface area contributed by atoms with Gasteiger partial charge in [0.2, 0.25) is 0 Å². The van der Waals surface area contributed by atoms with E-state index in [1.54, 1.807) is 0 Å². The molecule has 3 N–H and O–H groups in total. The number of carbonyl (C=O) groups excluding carboxylic acids is 1. The van der Waals surface area contributed by atoms with Crippen molar-refractivity contribution in [1.29, 1.82) is 0 Å². The quantitative estimate of drug-likeness (QED) is 0.537. The highest BCUT2D eigenvalue weighted by atomic mass is 35.5. The predicted octanol–water partition coefficient (Wildman–Crippen LogP) is 2.60. The van der Waals surface area contributed by atoms with Gasteiger partial charge in [-0.05, 0) is 45.1 Å². The van der Waals surface area contributed by atoms with E-state index in [4.69, 9.17) is 17.3 Å². The zero-order valence-corrected chi connectivity index (χ0v) is 23.0. The van der Waals surface area contributed by atoms with Crippen molar-refractivity contribution in [3.8, 4) is 0 Å². The maximum Gasteiger partial charge on any atom is 0.274 e. The van der Waals surface area contributed by atoms with Gasteiger partial charge < -0.3 is 16.0 Å². The fourth-order valence-electron chi connectivity index (χ4n) is 5.85. The molecule has 1 atom stereocenters. The van der Waals surface area contributed by atoms with Crippen LogP contribution >= 0.6 is 11.6 Å². The van der Waals surface area contributed by atoms with Crippen molar-refractivity contribution in [1.82, 2.24) is 34.9 Å². The van der Waals surface area contributed by atoms with Crippen LogP contribution in [-0.4, -0.2) is 86.3 Å². The third-order valence-electron chi connectivity index (χ3n) is 7.95. The second-order valence-electron chi connectivity index (χ2n) is 10.9. The molecular weight excluding hydrogens is 490 g/mol. The van der Waals surface area contributed by atoms with Crippen molar-refractivity contribution in [2.75, 3.05) is 43.4 Å². The number of amides is 1. The summed E-state index contributed by atoms with van der Waals surface area (Å²) in [5.41, 5.74) is 8.65. The SMILES string of the molecule is CCC[C@H]1CN(c2nc(N)c(C(=O)NC3CC3)nc2Cl)CCN1C1CCN(Cc2cc(C)nn2C)CC1. The predicted molar refractivity (Wildman–Crippen MR) is 146 cm³/mol. The van der Waals surface area contributed by atoms with Gasteiger partial charge >= 0.3 is 0 Å². The molecule has 37 heavy (non-hydrogen) atoms. The Labute approximate surface area is 224 Å². The summed E-state index contributed by atoms with van der Waals surface area (Å²) in [7, 11) is 2.03. The normalized spacial score (nSPS) is 21.9. The summed E-state index contributed by atoms with van der Waals surface area (Å²) < 4.78 is 2.00. The van der Waals surface area contributed by atoms with Crippen molar-refractivity contribution >= 4 is 29.1 Å². The number of aromatic nitrogens is 4. The first kappa shape index (κ1) is 26.2. The van der Waals surface area contributed by atoms with Gasteiger partial charge in [0.25, 0.3) is 5.91 Å². The van der Waals surface area contributed by atoms with Gasteiger partial charge in [-0.1, -0.05) is 24.9 Å². The lowest BCUT2D eigenvalue weighted by Gasteiger charge is -2.48. The molecule has 3 fully saturated rings. The number of hydrogen-bond donors (Lipinski definition) is 2. The van der Waals surface area contributed by atoms with Gasteiger partial charge in [0.15, 0.2) is 22.5 Å². The largest absolute Gasteiger partial charge is 0.382 e. The van der Waals surface area contributed by atoms with Crippen molar-refractivity contribution in [2.24, 2.45) is 7.05 Å². The van der Waals surface area contributed by atoms with E-state index in [0.717, 1.165) is 70.6 Å². The first-order chi connectivity index (χ1) is 17.8. The van der Waals surface area contributed by atoms with E-state index < -0.39 is 0 Å². The molecule has 0 bridgehead atoms. The van der Waals surface area contributed by atoms with E-state index in [0.29, 0.717) is 17.9 Å². The Hall–Kier alpha value is -2.43. The zero-order chi connectivity index (χ0) is 26.1. The van der Waals surface area contributed by atoms with Gasteiger partial charge in [0.1, 0.15) is 0 Å². The molecule has 2 saturated heterocycles. The Morgan fingerprint density at radius 2 is 1.92 bits per heavy atom. The highest BCUT2D eigenvalue weighted by molar-refractivity contribution is 6.32. The van der Waals surface area contributed by atoms with Crippen molar-refractivity contribution < 1.29 is 4.79 Å². The van der Waals surface area contributed by atoms with Gasteiger partial charge in [-0.25, -0.2) is 9.97 Å². The third-order valence-corrected chi connectivity index (χ3v) is 8.20. The van der Waals surface area contributed by atoms with E-state index in [1.165, 1.54) is 18.5 Å². The van der Waals surface area contributed by atoms with Gasteiger partial charge in [-0.3, -0.25) is 19.3 Å². The van der Waals surface area contributed by atoms with E-state index in [-0.39, 0.29) is 28.6 Å². The molecule has 2 aliphatic heterocycles. The molecule has 0 radical (unpaired) electrons. The molecule has 10 nitrogen and oxygen atoms in total. The molecule has 2 aromatic rings. The lowest BCUT2D eigenvalue weighted by Crippen LogP contribution is -2.58. The molecule has 2 aromatic heterocycles. The molecule has 3 aliphatic rings. The minimum Gasteiger partial charge on any atom is -0.382 e. The Morgan fingerprint density at radius 1 is 1.16 bits per heavy atom. The summed E-state index contributed by atoms with van der Waals surface area (Å²) in [6, 6.07) is 3.42. The number of rotatable bonds is 8. The number of halogens is 1. The number of piperazine rings is 1. The zero-order valence-electron chi connectivity index (χ0n) is 22.3. The number of aryl methyl sites for hydroxylation is 2. The number of anilines is 2. The average Bonchev–Trinajstić information content (AvgIpc) is 3.63. The number of nitrogens with zero attached hydrogens (tertiary/aromatic N) is 7. The van der Waals surface area contributed by atoms with Crippen LogP contribution in [0.5, 0.6) is 0 Å². The van der Waals surface area contributed by atoms with Crippen LogP contribution < -0.4 is 16.0 Å². The van der Waals surface area contributed by atoms with Gasteiger partial charge in [0.05, 0.1) is 11.4 Å². The van der Waals surface area contributed by atoms with Crippen LogP contribution in [-0.2, 0) is 13.6 Å². The fourth-order valence-corrected chi connectivity index (χ4v) is 6.10. The topological polar surface area (TPSA) is 108 Å². The van der Waals surface area contributed by atoms with Crippen LogP contribution in [0.1, 0.15) is 67.3 Å². The maximum atomic E-state index is 12.5. The molecule has 1 aliphatic carbocycles. The van der Waals surface area contributed by atoms with Gasteiger partial charge in [0, 0.05) is 64.4 Å². The Balaban J connectivity index is 1.21. The second-order valence-corrected chi connectivity index (χ2v) is 11.2. The summed E-state index contributed by atoms with van der Waals surface area (Å²) in [4.78, 5) is 28.9. The molecule has 5 rings (SSSR count). The molecule has 4 heterocycles. The first-order valence-corrected chi connectivity index (χ1v) is 14.1. The number of nitrogens with one attached hydrogen (secondary N) is 1. The number of nitrogens with two attached hydrogens (primary N) is 1. The summed E-state index contributed by atoms with van der Waals surface area (Å²) >= 11 is 6.56. The molecule has 11 heteroatoms. The first-order valence-electron chi connectivity index (χ1n) is 13.7. The third kappa shape index (κ3) is 6.02. The van der Waals surface area contributed by atoms with E-state index in [9.17, 15) is 4.79 Å². The number of carbonyl (C=O) groups is 1. The molecule has 0 spiro atoms. The van der Waals surface area contributed by atoms with Crippen molar-refractivity contribution in [2.45, 2.75) is 77.0 Å². The van der Waals surface area contributed by atoms with Crippen LogP contribution in [0.15, 0.2) is 6.07 Å². The molecule has 1 amide bonds. The summed E-state index contributed by atoms with van der Waals surface area (Å²) in [5.74, 6) is 0.437. The van der Waals surface area contributed by atoms with Crippen molar-refractivity contribution in [3.05, 3.63) is 28.3 Å². The summed E-state index contributed by atoms with van der Waals surface area (Å²) in [6.07, 6.45) is 6.59. The number of nitrogen functional groups attached to an aromatic ring is 1. The standard InChI is InChI=1S/C26H40ClN9O/c1-4-5-20-16-35(25-23(27)30-22(24(28)31-25)26(37)29-18-6-7-18)12-13-36(20)19-8-10-34(11-9-19)15-21-14-17(2)32-33(21)3/h14,18-20H,4-13,15-16H2,1-3H3,(H2,28,31)(H,29,37)/t20-/m0/s1. The molecular formula is C26H40ClN9O. The van der Waals surface area contributed by atoms with Crippen LogP contribution in [0.25, 0.3) is 0 Å². The van der Waals surface area contributed by atoms with Crippen LogP contribution in [0.3, 0.4) is 0 Å². The van der Waals surface area contributed by atoms with Crippen LogP contribution in [0.2, 0.25) is 5.15 Å². The minimum atomic E-state index is -0.292. The smallest absolute Gasteiger partial charge is 0.274 e. The lowest BCUT2D eigenvalue weighted by molar-refractivity contribution is 0.0583. The van der Waals surface area contributed by atoms with Gasteiger partial charge in [-0.15, -0.1) is 0 Å². The number of hydrogen-bond acceptors (Lipinski definition) is 8. The summed E-state index contributed by atoms with van der Waals surface area (Å²) in [5, 5.41) is 7.66. The fraction of sp³-hybridized carbons (Fsp3) is 0.692. The number of piperidine rings is 1. The van der Waals surface area contributed by atoms with Crippen molar-refractivity contribution in [3.63, 3.8) is 0 Å². The highest BCUT2D eigenvalue weighted by Crippen LogP contribution is 2.30. The maximum absolute atomic E-state index is 12.5. The van der Waals surface area contributed by atoms with E-state index >= 15 is 0 Å². The Morgan fingerprint density at radius 3 is 2.57 bits per heavy atom. The minimum absolute atomic E-state index is 0.123. The molecule has 1 saturated carbocycles. The van der Waals surface area contributed by atoms with Crippen LogP contribution in [0, 0.1) is 6.92 Å². The average molecular weight is 530 g/mol. The lowest BCUT2D eigenvalue weighted by atomic mass is 9.97. The highest BCUT2D eigenvalue weighted by Gasteiger charge is 2.35. The van der Waals surface area contributed by atoms with E-state index in [2.05, 4.69) is 55.0 Å². The van der Waals surface area contributed by atoms with E-state index in [1.807, 2.05) is 11.7 Å². The monoisotopic (exact) mass is 529 g/mol. The van der Waals surface area contributed by atoms with Gasteiger partial charge in [-0.2, -0.15) is 5.10 Å². The second kappa shape index (κ2) is 11.1. The molecule has 0 aromatic carbocycles. The Bertz CT molecular complexity index is 1110. The Kier molecular flexibility index (Phi) is 7.88. The van der Waals surface area contributed by atoms with Crippen LogP contribution in [0.4, 0.5) is 11.6 Å². The number of likely N-dealkylation sites (tertiary alicyclic amines) is 1.